The largest absolute Gasteiger partial charge is 0.481 e. The molecule has 2 N–H and O–H groups in total. The van der Waals surface area contributed by atoms with E-state index in [2.05, 4.69) is 5.32 Å². The predicted molar refractivity (Wildman–Crippen MR) is 62.8 cm³/mol. The molecule has 5 heteroatoms. The van der Waals surface area contributed by atoms with Gasteiger partial charge < -0.3 is 15.2 Å². The molecule has 0 aromatic rings. The molecule has 2 atom stereocenters. The summed E-state index contributed by atoms with van der Waals surface area (Å²) in [6, 6.07) is 0.0502. The van der Waals surface area contributed by atoms with Gasteiger partial charge >= 0.3 is 12.1 Å². The van der Waals surface area contributed by atoms with Crippen LogP contribution in [-0.2, 0) is 9.53 Å². The zero-order chi connectivity index (χ0) is 13.1. The van der Waals surface area contributed by atoms with Crippen LogP contribution < -0.4 is 5.32 Å². The number of carbonyl (C=O) groups is 2. The van der Waals surface area contributed by atoms with Gasteiger partial charge in [0.25, 0.3) is 0 Å². The van der Waals surface area contributed by atoms with Gasteiger partial charge in [0.1, 0.15) is 5.60 Å². The number of ether oxygens (including phenoxy) is 1. The van der Waals surface area contributed by atoms with E-state index in [9.17, 15) is 9.59 Å². The molecule has 1 aliphatic rings. The lowest BCUT2D eigenvalue weighted by atomic mass is 10.0. The topological polar surface area (TPSA) is 75.6 Å². The molecule has 5 nitrogen and oxygen atoms in total. The molecule has 0 heterocycles. The maximum Gasteiger partial charge on any atom is 0.407 e. The monoisotopic (exact) mass is 243 g/mol. The average Bonchev–Trinajstić information content (AvgIpc) is 2.46. The van der Waals surface area contributed by atoms with Crippen LogP contribution in [0.2, 0.25) is 0 Å². The van der Waals surface area contributed by atoms with E-state index in [0.717, 1.165) is 19.3 Å². The summed E-state index contributed by atoms with van der Waals surface area (Å²) >= 11 is 0. The van der Waals surface area contributed by atoms with Crippen molar-refractivity contribution >= 4 is 12.1 Å². The van der Waals surface area contributed by atoms with E-state index in [-0.39, 0.29) is 18.4 Å². The first-order valence-electron chi connectivity index (χ1n) is 5.97. The van der Waals surface area contributed by atoms with Crippen LogP contribution in [0.1, 0.15) is 46.5 Å². The van der Waals surface area contributed by atoms with Crippen molar-refractivity contribution < 1.29 is 19.4 Å². The number of aliphatic carboxylic acids is 1. The third kappa shape index (κ3) is 5.56. The molecule has 0 bridgehead atoms. The molecule has 0 aromatic carbocycles. The van der Waals surface area contributed by atoms with Gasteiger partial charge in [0.15, 0.2) is 0 Å². The normalized spacial score (nSPS) is 24.4. The predicted octanol–water partition coefficient (Wildman–Crippen LogP) is 2.15. The molecule has 0 aliphatic heterocycles. The van der Waals surface area contributed by atoms with Crippen LogP contribution in [-0.4, -0.2) is 28.8 Å². The van der Waals surface area contributed by atoms with Crippen LogP contribution in [0.3, 0.4) is 0 Å². The SMILES string of the molecule is CC(C)(C)OC(=O)N[C@H]1CC[C@H](CC(=O)O)C1. The molecule has 1 rings (SSSR count). The number of hydrogen-bond donors (Lipinski definition) is 2. The summed E-state index contributed by atoms with van der Waals surface area (Å²) in [6.45, 7) is 5.44. The molecule has 0 saturated heterocycles. The molecule has 17 heavy (non-hydrogen) atoms. The fourth-order valence-electron chi connectivity index (χ4n) is 2.11. The number of carboxylic acids is 1. The highest BCUT2D eigenvalue weighted by atomic mass is 16.6. The third-order valence-electron chi connectivity index (χ3n) is 2.73. The van der Waals surface area contributed by atoms with Gasteiger partial charge in [-0.05, 0) is 46.0 Å². The van der Waals surface area contributed by atoms with E-state index in [4.69, 9.17) is 9.84 Å². The first-order valence-corrected chi connectivity index (χ1v) is 5.97. The van der Waals surface area contributed by atoms with Crippen LogP contribution in [0.25, 0.3) is 0 Å². The summed E-state index contributed by atoms with van der Waals surface area (Å²) in [4.78, 5) is 22.1. The lowest BCUT2D eigenvalue weighted by Crippen LogP contribution is -2.38. The van der Waals surface area contributed by atoms with Crippen molar-refractivity contribution in [3.63, 3.8) is 0 Å². The minimum absolute atomic E-state index is 0.0502. The van der Waals surface area contributed by atoms with E-state index < -0.39 is 17.7 Å². The van der Waals surface area contributed by atoms with Crippen molar-refractivity contribution in [3.05, 3.63) is 0 Å². The summed E-state index contributed by atoms with van der Waals surface area (Å²) in [6.07, 6.45) is 2.18. The molecular weight excluding hydrogens is 222 g/mol. The van der Waals surface area contributed by atoms with Gasteiger partial charge in [0, 0.05) is 12.5 Å². The van der Waals surface area contributed by atoms with Crippen LogP contribution in [0.15, 0.2) is 0 Å². The fraction of sp³-hybridized carbons (Fsp3) is 0.833. The van der Waals surface area contributed by atoms with Crippen LogP contribution in [0.5, 0.6) is 0 Å². The molecule has 0 spiro atoms. The Morgan fingerprint density at radius 1 is 1.35 bits per heavy atom. The quantitative estimate of drug-likeness (QED) is 0.796. The van der Waals surface area contributed by atoms with Gasteiger partial charge in [-0.25, -0.2) is 4.79 Å². The minimum atomic E-state index is -0.770. The zero-order valence-corrected chi connectivity index (χ0v) is 10.7. The number of amides is 1. The molecule has 1 amide bonds. The molecule has 0 radical (unpaired) electrons. The van der Waals surface area contributed by atoms with Gasteiger partial charge in [0.05, 0.1) is 0 Å². The number of carboxylic acid groups (broad SMARTS) is 1. The van der Waals surface area contributed by atoms with Crippen molar-refractivity contribution in [1.29, 1.82) is 0 Å². The Kier molecular flexibility index (Phi) is 4.37. The van der Waals surface area contributed by atoms with Crippen LogP contribution in [0, 0.1) is 5.92 Å². The second-order valence-electron chi connectivity index (χ2n) is 5.62. The van der Waals surface area contributed by atoms with E-state index in [1.54, 1.807) is 0 Å². The first kappa shape index (κ1) is 13.8. The Labute approximate surface area is 102 Å². The minimum Gasteiger partial charge on any atom is -0.481 e. The summed E-state index contributed by atoms with van der Waals surface area (Å²) in [5.41, 5.74) is -0.497. The number of hydrogen-bond acceptors (Lipinski definition) is 3. The van der Waals surface area contributed by atoms with Gasteiger partial charge in [-0.3, -0.25) is 4.79 Å². The second-order valence-corrected chi connectivity index (χ2v) is 5.62. The lowest BCUT2D eigenvalue weighted by Gasteiger charge is -2.21. The van der Waals surface area contributed by atoms with Crippen molar-refractivity contribution in [2.75, 3.05) is 0 Å². The lowest BCUT2D eigenvalue weighted by molar-refractivity contribution is -0.138. The molecule has 0 aromatic heterocycles. The molecule has 0 unspecified atom stereocenters. The van der Waals surface area contributed by atoms with Crippen LogP contribution in [0.4, 0.5) is 4.79 Å². The third-order valence-corrected chi connectivity index (χ3v) is 2.73. The summed E-state index contributed by atoms with van der Waals surface area (Å²) in [5.74, 6) is -0.597. The molecule has 1 aliphatic carbocycles. The highest BCUT2D eigenvalue weighted by molar-refractivity contribution is 5.68. The highest BCUT2D eigenvalue weighted by Gasteiger charge is 2.28. The van der Waals surface area contributed by atoms with Crippen molar-refractivity contribution in [2.24, 2.45) is 5.92 Å². The molecule has 98 valence electrons. The summed E-state index contributed by atoms with van der Waals surface area (Å²) in [7, 11) is 0. The number of alkyl carbamates (subject to hydrolysis) is 1. The highest BCUT2D eigenvalue weighted by Crippen LogP contribution is 2.28. The van der Waals surface area contributed by atoms with Gasteiger partial charge in [-0.2, -0.15) is 0 Å². The summed E-state index contributed by atoms with van der Waals surface area (Å²) in [5, 5.41) is 11.5. The second kappa shape index (κ2) is 5.38. The van der Waals surface area contributed by atoms with Gasteiger partial charge in [-0.15, -0.1) is 0 Å². The number of rotatable bonds is 3. The maximum absolute atomic E-state index is 11.5. The average molecular weight is 243 g/mol. The van der Waals surface area contributed by atoms with E-state index in [1.807, 2.05) is 20.8 Å². The van der Waals surface area contributed by atoms with Crippen molar-refractivity contribution in [3.8, 4) is 0 Å². The Hall–Kier alpha value is -1.26. The van der Waals surface area contributed by atoms with Crippen molar-refractivity contribution in [2.45, 2.75) is 58.1 Å². The van der Waals surface area contributed by atoms with Gasteiger partial charge in [-0.1, -0.05) is 0 Å². The Morgan fingerprint density at radius 3 is 2.53 bits per heavy atom. The molecular formula is C12H21NO4. The maximum atomic E-state index is 11.5. The van der Waals surface area contributed by atoms with Crippen LogP contribution >= 0.6 is 0 Å². The number of carbonyl (C=O) groups excluding carboxylic acids is 1. The van der Waals surface area contributed by atoms with Gasteiger partial charge in [0.2, 0.25) is 0 Å². The Morgan fingerprint density at radius 2 is 2.00 bits per heavy atom. The van der Waals surface area contributed by atoms with E-state index >= 15 is 0 Å². The molecule has 1 saturated carbocycles. The first-order chi connectivity index (χ1) is 7.76. The Balaban J connectivity index is 2.30. The smallest absolute Gasteiger partial charge is 0.407 e. The molecule has 1 fully saturated rings. The fourth-order valence-corrected chi connectivity index (χ4v) is 2.11. The van der Waals surface area contributed by atoms with E-state index in [0.29, 0.717) is 0 Å². The standard InChI is InChI=1S/C12H21NO4/c1-12(2,3)17-11(16)13-9-5-4-8(6-9)7-10(14)15/h8-9H,4-7H2,1-3H3,(H,13,16)(H,14,15)/t8-,9-/m0/s1. The summed E-state index contributed by atoms with van der Waals surface area (Å²) < 4.78 is 5.15. The zero-order valence-electron chi connectivity index (χ0n) is 10.7. The number of nitrogens with one attached hydrogen (secondary N) is 1. The van der Waals surface area contributed by atoms with Crippen molar-refractivity contribution in [1.82, 2.24) is 5.32 Å². The van der Waals surface area contributed by atoms with E-state index in [1.165, 1.54) is 0 Å². The Bertz CT molecular complexity index is 295.